The van der Waals surface area contributed by atoms with Crippen LogP contribution < -0.4 is 14.8 Å². The molecule has 2 atom stereocenters. The van der Waals surface area contributed by atoms with Gasteiger partial charge in [0.2, 0.25) is 5.90 Å². The first-order chi connectivity index (χ1) is 20.9. The Morgan fingerprint density at radius 2 is 1.65 bits per heavy atom. The topological polar surface area (TPSA) is 89.4 Å². The quantitative estimate of drug-likeness (QED) is 0.158. The highest BCUT2D eigenvalue weighted by Crippen LogP contribution is 2.43. The molecular formula is C34H32Br2N2O5. The highest BCUT2D eigenvalue weighted by Gasteiger charge is 2.53. The van der Waals surface area contributed by atoms with Gasteiger partial charge in [-0.2, -0.15) is 0 Å². The second kappa shape index (κ2) is 14.2. The van der Waals surface area contributed by atoms with E-state index in [4.69, 9.17) is 24.3 Å². The van der Waals surface area contributed by atoms with Gasteiger partial charge in [0, 0.05) is 40.5 Å². The number of aliphatic imine (C=N–C) groups is 1. The van der Waals surface area contributed by atoms with Crippen molar-refractivity contribution in [1.29, 1.82) is 0 Å². The number of nitrogens with one attached hydrogen (secondary N) is 1. The third-order valence-corrected chi connectivity index (χ3v) is 8.53. The van der Waals surface area contributed by atoms with Crippen LogP contribution in [0.3, 0.4) is 0 Å². The average molecular weight is 708 g/mol. The molecule has 0 spiro atoms. The molecule has 0 bridgehead atoms. The number of nitrogens with zero attached hydrogens (tertiary/aromatic N) is 1. The number of ether oxygens (including phenoxy) is 3. The summed E-state index contributed by atoms with van der Waals surface area (Å²) in [4.78, 5) is 19.5. The number of amides is 1. The molecule has 9 heteroatoms. The van der Waals surface area contributed by atoms with Crippen molar-refractivity contribution >= 4 is 43.7 Å². The minimum Gasteiger partial charge on any atom is -0.497 e. The van der Waals surface area contributed by atoms with Crippen molar-refractivity contribution in [2.24, 2.45) is 4.99 Å². The summed E-state index contributed by atoms with van der Waals surface area (Å²) in [6.07, 6.45) is 0.157. The van der Waals surface area contributed by atoms with Crippen molar-refractivity contribution in [2.45, 2.75) is 31.0 Å². The third-order valence-electron chi connectivity index (χ3n) is 7.23. The number of hydrogen-bond donors (Lipinski definition) is 2. The fraction of sp³-hybridized carbons (Fsp3) is 0.235. The summed E-state index contributed by atoms with van der Waals surface area (Å²) >= 11 is 7.20. The van der Waals surface area contributed by atoms with Crippen molar-refractivity contribution in [3.63, 3.8) is 0 Å². The molecule has 0 saturated carbocycles. The van der Waals surface area contributed by atoms with Crippen LogP contribution in [0.4, 0.5) is 0 Å². The molecule has 4 aromatic carbocycles. The van der Waals surface area contributed by atoms with Crippen LogP contribution in [0, 0.1) is 0 Å². The smallest absolute Gasteiger partial charge is 0.252 e. The van der Waals surface area contributed by atoms with Gasteiger partial charge in [-0.05, 0) is 71.3 Å². The van der Waals surface area contributed by atoms with E-state index in [1.165, 1.54) is 0 Å². The maximum absolute atomic E-state index is 14.4. The van der Waals surface area contributed by atoms with E-state index in [1.54, 1.807) is 7.11 Å². The zero-order chi connectivity index (χ0) is 30.2. The van der Waals surface area contributed by atoms with E-state index in [-0.39, 0.29) is 12.5 Å². The van der Waals surface area contributed by atoms with Gasteiger partial charge in [0.1, 0.15) is 11.5 Å². The van der Waals surface area contributed by atoms with Crippen LogP contribution in [0.25, 0.3) is 0 Å². The molecule has 1 aliphatic heterocycles. The molecule has 2 N–H and O–H groups in total. The zero-order valence-electron chi connectivity index (χ0n) is 23.6. The fourth-order valence-electron chi connectivity index (χ4n) is 4.93. The number of hydrogen-bond acceptors (Lipinski definition) is 6. The van der Waals surface area contributed by atoms with Crippen molar-refractivity contribution in [3.8, 4) is 11.5 Å². The Bertz CT molecular complexity index is 1560. The maximum Gasteiger partial charge on any atom is 0.252 e. The maximum atomic E-state index is 14.4. The second-order valence-electron chi connectivity index (χ2n) is 10.1. The standard InChI is InChI=1S/C34H32Br2N2O5/c1-41-28-15-7-23(8-16-28)22-37-33(40)34(21-26-5-2-3-6-30(26)36)31(24-9-13-27(35)14-10-24)43-32(38-34)25-11-17-29(18-12-25)42-20-4-19-39/h2-3,5-18,31,39H,4,19-22H2,1H3,(H,37,40)/t31-,34-/m1/s1. The van der Waals surface area contributed by atoms with Gasteiger partial charge in [0.25, 0.3) is 5.91 Å². The van der Waals surface area contributed by atoms with Gasteiger partial charge >= 0.3 is 0 Å². The lowest BCUT2D eigenvalue weighted by Crippen LogP contribution is -2.49. The lowest BCUT2D eigenvalue weighted by molar-refractivity contribution is -0.129. The minimum absolute atomic E-state index is 0.0698. The van der Waals surface area contributed by atoms with E-state index >= 15 is 0 Å². The van der Waals surface area contributed by atoms with Crippen LogP contribution in [0.15, 0.2) is 111 Å². The summed E-state index contributed by atoms with van der Waals surface area (Å²) < 4.78 is 19.4. The molecule has 43 heavy (non-hydrogen) atoms. The predicted molar refractivity (Wildman–Crippen MR) is 174 cm³/mol. The van der Waals surface area contributed by atoms with Crippen LogP contribution in [0.5, 0.6) is 11.5 Å². The Morgan fingerprint density at radius 3 is 2.33 bits per heavy atom. The van der Waals surface area contributed by atoms with Gasteiger partial charge in [0.05, 0.1) is 13.7 Å². The Hall–Kier alpha value is -3.66. The largest absolute Gasteiger partial charge is 0.497 e. The van der Waals surface area contributed by atoms with Crippen LogP contribution in [0.2, 0.25) is 0 Å². The lowest BCUT2D eigenvalue weighted by Gasteiger charge is -2.31. The van der Waals surface area contributed by atoms with Crippen LogP contribution in [-0.2, 0) is 22.5 Å². The molecule has 222 valence electrons. The molecule has 4 aromatic rings. The fourth-order valence-corrected chi connectivity index (χ4v) is 5.62. The number of halogens is 2. The Labute approximate surface area is 268 Å². The number of aliphatic hydroxyl groups is 1. The monoisotopic (exact) mass is 706 g/mol. The van der Waals surface area contributed by atoms with Crippen molar-refractivity contribution < 1.29 is 24.1 Å². The first kappa shape index (κ1) is 30.8. The van der Waals surface area contributed by atoms with Crippen molar-refractivity contribution in [3.05, 3.63) is 128 Å². The van der Waals surface area contributed by atoms with Gasteiger partial charge < -0.3 is 24.6 Å². The molecule has 1 aliphatic rings. The second-order valence-corrected chi connectivity index (χ2v) is 11.9. The van der Waals surface area contributed by atoms with E-state index in [1.807, 2.05) is 97.1 Å². The van der Waals surface area contributed by atoms with Gasteiger partial charge in [0.15, 0.2) is 11.6 Å². The predicted octanol–water partition coefficient (Wildman–Crippen LogP) is 6.80. The number of aliphatic hydroxyl groups excluding tert-OH is 1. The van der Waals surface area contributed by atoms with Crippen LogP contribution in [-0.4, -0.2) is 42.8 Å². The van der Waals surface area contributed by atoms with Gasteiger partial charge in [-0.15, -0.1) is 0 Å². The molecule has 1 heterocycles. The van der Waals surface area contributed by atoms with E-state index < -0.39 is 11.6 Å². The van der Waals surface area contributed by atoms with E-state index in [0.717, 1.165) is 36.9 Å². The summed E-state index contributed by atoms with van der Waals surface area (Å²) in [5, 5.41) is 12.2. The van der Waals surface area contributed by atoms with E-state index in [9.17, 15) is 4.79 Å². The highest BCUT2D eigenvalue weighted by atomic mass is 79.9. The third kappa shape index (κ3) is 7.29. The molecule has 0 fully saturated rings. The summed E-state index contributed by atoms with van der Waals surface area (Å²) in [6, 6.07) is 30.6. The summed E-state index contributed by atoms with van der Waals surface area (Å²) in [7, 11) is 1.62. The zero-order valence-corrected chi connectivity index (χ0v) is 26.8. The van der Waals surface area contributed by atoms with Crippen LogP contribution >= 0.6 is 31.9 Å². The summed E-state index contributed by atoms with van der Waals surface area (Å²) in [5.41, 5.74) is 2.12. The molecule has 5 rings (SSSR count). The van der Waals surface area contributed by atoms with E-state index in [2.05, 4.69) is 37.2 Å². The molecule has 0 aliphatic carbocycles. The minimum atomic E-state index is -1.31. The first-order valence-corrected chi connectivity index (χ1v) is 15.5. The summed E-state index contributed by atoms with van der Waals surface area (Å²) in [6.45, 7) is 0.807. The Balaban J connectivity index is 1.54. The number of carbonyl (C=O) groups is 1. The number of methoxy groups -OCH3 is 1. The number of carbonyl (C=O) groups excluding carboxylic acids is 1. The average Bonchev–Trinajstić information content (AvgIpc) is 3.42. The van der Waals surface area contributed by atoms with E-state index in [0.29, 0.717) is 37.6 Å². The normalized spacial score (nSPS) is 17.6. The summed E-state index contributed by atoms with van der Waals surface area (Å²) in [5.74, 6) is 1.56. The molecule has 0 aromatic heterocycles. The van der Waals surface area contributed by atoms with Crippen molar-refractivity contribution in [1.82, 2.24) is 5.32 Å². The van der Waals surface area contributed by atoms with Gasteiger partial charge in [-0.3, -0.25) is 4.79 Å². The molecular weight excluding hydrogens is 676 g/mol. The molecule has 1 amide bonds. The van der Waals surface area contributed by atoms with Gasteiger partial charge in [-0.1, -0.05) is 74.3 Å². The Kier molecular flexibility index (Phi) is 10.2. The number of rotatable bonds is 12. The molecule has 0 unspecified atom stereocenters. The lowest BCUT2D eigenvalue weighted by atomic mass is 9.82. The molecule has 7 nitrogen and oxygen atoms in total. The molecule has 0 saturated heterocycles. The molecule has 0 radical (unpaired) electrons. The first-order valence-electron chi connectivity index (χ1n) is 13.9. The van der Waals surface area contributed by atoms with Crippen LogP contribution in [0.1, 0.15) is 34.8 Å². The Morgan fingerprint density at radius 1 is 0.953 bits per heavy atom. The highest BCUT2D eigenvalue weighted by molar-refractivity contribution is 9.10. The SMILES string of the molecule is COc1ccc(CNC(=O)[C@]2(Cc3ccccc3Br)N=C(c3ccc(OCCCO)cc3)O[C@@H]2c2ccc(Br)cc2)cc1. The van der Waals surface area contributed by atoms with Gasteiger partial charge in [-0.25, -0.2) is 4.99 Å². The van der Waals surface area contributed by atoms with Crippen molar-refractivity contribution in [2.75, 3.05) is 20.3 Å². The number of benzene rings is 4.